The van der Waals surface area contributed by atoms with Crippen molar-refractivity contribution in [1.82, 2.24) is 10.2 Å². The molecule has 0 aliphatic carbocycles. The normalized spacial score (nSPS) is 10.9. The van der Waals surface area contributed by atoms with Crippen molar-refractivity contribution in [3.63, 3.8) is 0 Å². The summed E-state index contributed by atoms with van der Waals surface area (Å²) in [6.45, 7) is 0. The van der Waals surface area contributed by atoms with Crippen LogP contribution in [0.1, 0.15) is 9.67 Å². The highest BCUT2D eigenvalue weighted by Crippen LogP contribution is 2.29. The number of hydrogen-bond donors (Lipinski definition) is 1. The third-order valence-electron chi connectivity index (χ3n) is 3.37. The Morgan fingerprint density at radius 2 is 1.83 bits per heavy atom. The Balaban J connectivity index is 1.56. The van der Waals surface area contributed by atoms with E-state index in [1.807, 2.05) is 30.3 Å². The summed E-state index contributed by atoms with van der Waals surface area (Å²) in [7, 11) is 0. The first-order chi connectivity index (χ1) is 11.7. The van der Waals surface area contributed by atoms with Crippen LogP contribution in [0, 0.1) is 5.82 Å². The lowest BCUT2D eigenvalue weighted by atomic mass is 10.2. The van der Waals surface area contributed by atoms with E-state index in [0.717, 1.165) is 15.3 Å². The molecule has 0 bridgehead atoms. The van der Waals surface area contributed by atoms with E-state index in [2.05, 4.69) is 15.5 Å². The van der Waals surface area contributed by atoms with Crippen LogP contribution in [0.5, 0.6) is 0 Å². The zero-order valence-electron chi connectivity index (χ0n) is 12.2. The van der Waals surface area contributed by atoms with E-state index < -0.39 is 0 Å². The fourth-order valence-corrected chi connectivity index (χ4v) is 3.94. The molecule has 24 heavy (non-hydrogen) atoms. The van der Waals surface area contributed by atoms with Crippen LogP contribution in [-0.2, 0) is 0 Å². The number of benzene rings is 2. The van der Waals surface area contributed by atoms with E-state index in [4.69, 9.17) is 0 Å². The van der Waals surface area contributed by atoms with E-state index in [0.29, 0.717) is 15.4 Å². The van der Waals surface area contributed by atoms with Gasteiger partial charge in [0.05, 0.1) is 4.88 Å². The maximum atomic E-state index is 13.2. The molecule has 0 atom stereocenters. The fourth-order valence-electron chi connectivity index (χ4n) is 2.26. The number of aromatic nitrogens is 2. The molecule has 0 fully saturated rings. The van der Waals surface area contributed by atoms with Gasteiger partial charge in [0.15, 0.2) is 0 Å². The molecule has 1 N–H and O–H groups in total. The Hall–Kier alpha value is -2.64. The van der Waals surface area contributed by atoms with Crippen LogP contribution in [-0.4, -0.2) is 16.1 Å². The lowest BCUT2D eigenvalue weighted by Crippen LogP contribution is -2.09. The molecule has 4 aromatic rings. The van der Waals surface area contributed by atoms with E-state index in [-0.39, 0.29) is 11.7 Å². The number of rotatable bonds is 3. The number of nitrogens with zero attached hydrogens (tertiary/aromatic N) is 2. The smallest absolute Gasteiger partial charge is 0.267 e. The second kappa shape index (κ2) is 6.10. The third-order valence-corrected chi connectivity index (χ3v) is 5.37. The van der Waals surface area contributed by atoms with Crippen LogP contribution in [0.25, 0.3) is 20.7 Å². The van der Waals surface area contributed by atoms with Gasteiger partial charge in [0.1, 0.15) is 10.8 Å². The predicted octanol–water partition coefficient (Wildman–Crippen LogP) is 4.81. The second-order valence-corrected chi connectivity index (χ2v) is 7.09. The molecule has 0 unspecified atom stereocenters. The van der Waals surface area contributed by atoms with Gasteiger partial charge in [-0.1, -0.05) is 41.7 Å². The van der Waals surface area contributed by atoms with Crippen molar-refractivity contribution in [1.29, 1.82) is 0 Å². The number of carbonyl (C=O) groups excluding carboxylic acids is 1. The largest absolute Gasteiger partial charge is 0.296 e. The van der Waals surface area contributed by atoms with Crippen LogP contribution in [0.3, 0.4) is 0 Å². The molecule has 4 nitrogen and oxygen atoms in total. The third kappa shape index (κ3) is 2.91. The highest BCUT2D eigenvalue weighted by molar-refractivity contribution is 7.21. The van der Waals surface area contributed by atoms with Crippen LogP contribution in [0.2, 0.25) is 0 Å². The molecule has 2 aromatic heterocycles. The summed E-state index contributed by atoms with van der Waals surface area (Å²) < 4.78 is 14.1. The molecule has 2 aromatic carbocycles. The topological polar surface area (TPSA) is 54.9 Å². The molecule has 7 heteroatoms. The van der Waals surface area contributed by atoms with Crippen molar-refractivity contribution in [3.05, 3.63) is 65.3 Å². The standard InChI is InChI=1S/C17H10FN3OS2/c18-12-6-7-13-11(8-12)9-14(23-13)15(22)19-17-21-20-16(24-17)10-4-2-1-3-5-10/h1-9H,(H,19,21,22). The first-order valence-electron chi connectivity index (χ1n) is 7.08. The van der Waals surface area contributed by atoms with Gasteiger partial charge in [0.2, 0.25) is 5.13 Å². The monoisotopic (exact) mass is 355 g/mol. The minimum atomic E-state index is -0.316. The quantitative estimate of drug-likeness (QED) is 0.574. The number of hydrogen-bond acceptors (Lipinski definition) is 5. The zero-order valence-corrected chi connectivity index (χ0v) is 13.8. The maximum Gasteiger partial charge on any atom is 0.267 e. The minimum Gasteiger partial charge on any atom is -0.296 e. The average Bonchev–Trinajstić information content (AvgIpc) is 3.22. The van der Waals surface area contributed by atoms with Crippen molar-refractivity contribution < 1.29 is 9.18 Å². The summed E-state index contributed by atoms with van der Waals surface area (Å²) in [5.41, 5.74) is 0.952. The molecule has 0 saturated carbocycles. The number of thiophene rings is 1. The summed E-state index contributed by atoms with van der Waals surface area (Å²) in [5, 5.41) is 12.7. The summed E-state index contributed by atoms with van der Waals surface area (Å²) in [4.78, 5) is 12.9. The van der Waals surface area contributed by atoms with Gasteiger partial charge in [-0.15, -0.1) is 21.5 Å². The molecular formula is C17H10FN3OS2. The number of nitrogens with one attached hydrogen (secondary N) is 1. The number of halogens is 1. The average molecular weight is 355 g/mol. The summed E-state index contributed by atoms with van der Waals surface area (Å²) in [6, 6.07) is 15.8. The summed E-state index contributed by atoms with van der Waals surface area (Å²) in [5.74, 6) is -0.587. The lowest BCUT2D eigenvalue weighted by Gasteiger charge is -1.96. The van der Waals surface area contributed by atoms with Gasteiger partial charge >= 0.3 is 0 Å². The number of fused-ring (bicyclic) bond motifs is 1. The van der Waals surface area contributed by atoms with Crippen LogP contribution in [0.15, 0.2) is 54.6 Å². The van der Waals surface area contributed by atoms with Crippen molar-refractivity contribution >= 4 is 43.8 Å². The number of carbonyl (C=O) groups is 1. The molecule has 0 aliphatic rings. The Kier molecular flexibility index (Phi) is 3.79. The molecule has 118 valence electrons. The molecule has 0 aliphatic heterocycles. The van der Waals surface area contributed by atoms with Crippen molar-refractivity contribution in [3.8, 4) is 10.6 Å². The van der Waals surface area contributed by atoms with Gasteiger partial charge in [-0.25, -0.2) is 4.39 Å². The van der Waals surface area contributed by atoms with Crippen molar-refractivity contribution in [2.45, 2.75) is 0 Å². The molecule has 0 saturated heterocycles. The van der Waals surface area contributed by atoms with Gasteiger partial charge in [0.25, 0.3) is 5.91 Å². The van der Waals surface area contributed by atoms with Gasteiger partial charge in [-0.3, -0.25) is 10.1 Å². The van der Waals surface area contributed by atoms with Crippen molar-refractivity contribution in [2.75, 3.05) is 5.32 Å². The van der Waals surface area contributed by atoms with Crippen LogP contribution >= 0.6 is 22.7 Å². The van der Waals surface area contributed by atoms with E-state index >= 15 is 0 Å². The van der Waals surface area contributed by atoms with Crippen molar-refractivity contribution in [2.24, 2.45) is 0 Å². The van der Waals surface area contributed by atoms with Crippen LogP contribution < -0.4 is 5.32 Å². The number of anilines is 1. The van der Waals surface area contributed by atoms with Gasteiger partial charge in [0, 0.05) is 10.3 Å². The Morgan fingerprint density at radius 3 is 2.67 bits per heavy atom. The lowest BCUT2D eigenvalue weighted by molar-refractivity contribution is 0.103. The molecule has 4 rings (SSSR count). The minimum absolute atomic E-state index is 0.271. The van der Waals surface area contributed by atoms with E-state index in [1.54, 1.807) is 12.1 Å². The first kappa shape index (κ1) is 14.9. The van der Waals surface area contributed by atoms with E-state index in [1.165, 1.54) is 34.8 Å². The second-order valence-electron chi connectivity index (χ2n) is 5.03. The maximum absolute atomic E-state index is 13.2. The molecule has 0 radical (unpaired) electrons. The van der Waals surface area contributed by atoms with Gasteiger partial charge in [-0.05, 0) is 29.7 Å². The SMILES string of the molecule is O=C(Nc1nnc(-c2ccccc2)s1)c1cc2cc(F)ccc2s1. The molecular weight excluding hydrogens is 345 g/mol. The summed E-state index contributed by atoms with van der Waals surface area (Å²) in [6.07, 6.45) is 0. The highest BCUT2D eigenvalue weighted by atomic mass is 32.1. The first-order valence-corrected chi connectivity index (χ1v) is 8.72. The number of amides is 1. The fraction of sp³-hybridized carbons (Fsp3) is 0. The predicted molar refractivity (Wildman–Crippen MR) is 95.1 cm³/mol. The Bertz CT molecular complexity index is 1030. The highest BCUT2D eigenvalue weighted by Gasteiger charge is 2.14. The molecule has 1 amide bonds. The van der Waals surface area contributed by atoms with Gasteiger partial charge in [-0.2, -0.15) is 0 Å². The zero-order chi connectivity index (χ0) is 16.5. The Labute approximate surface area is 144 Å². The van der Waals surface area contributed by atoms with Gasteiger partial charge < -0.3 is 0 Å². The Morgan fingerprint density at radius 1 is 1.00 bits per heavy atom. The summed E-state index contributed by atoms with van der Waals surface area (Å²) >= 11 is 2.62. The van der Waals surface area contributed by atoms with Crippen LogP contribution in [0.4, 0.5) is 9.52 Å². The van der Waals surface area contributed by atoms with E-state index in [9.17, 15) is 9.18 Å². The molecule has 2 heterocycles. The molecule has 0 spiro atoms.